The maximum absolute atomic E-state index is 5.58. The number of benzene rings is 1. The van der Waals surface area contributed by atoms with Gasteiger partial charge in [-0.2, -0.15) is 0 Å². The van der Waals surface area contributed by atoms with Crippen molar-refractivity contribution in [3.05, 3.63) is 29.3 Å². The van der Waals surface area contributed by atoms with Gasteiger partial charge in [0.25, 0.3) is 0 Å². The second-order valence-electron chi connectivity index (χ2n) is 5.80. The molecular weight excluding hydrogens is 254 g/mol. The zero-order valence-corrected chi connectivity index (χ0v) is 13.3. The maximum atomic E-state index is 5.58. The Morgan fingerprint density at radius 3 is 2.45 bits per heavy atom. The molecule has 0 saturated carbocycles. The molecule has 0 aliphatic rings. The first-order valence-electron chi connectivity index (χ1n) is 6.94. The predicted molar refractivity (Wildman–Crippen MR) is 81.1 cm³/mol. The van der Waals surface area contributed by atoms with E-state index < -0.39 is 0 Å². The van der Waals surface area contributed by atoms with Crippen LogP contribution >= 0.6 is 0 Å². The van der Waals surface area contributed by atoms with E-state index in [4.69, 9.17) is 14.2 Å². The zero-order chi connectivity index (χ0) is 15.0. The number of ether oxygens (including phenoxy) is 3. The monoisotopic (exact) mass is 281 g/mol. The maximum Gasteiger partial charge on any atom is 0.124 e. The van der Waals surface area contributed by atoms with Gasteiger partial charge in [-0.25, -0.2) is 0 Å². The lowest BCUT2D eigenvalue weighted by atomic mass is 10.1. The highest BCUT2D eigenvalue weighted by atomic mass is 16.5. The van der Waals surface area contributed by atoms with Crippen molar-refractivity contribution in [1.82, 2.24) is 5.32 Å². The Hall–Kier alpha value is -1.10. The van der Waals surface area contributed by atoms with Crippen LogP contribution in [0, 0.1) is 0 Å². The Morgan fingerprint density at radius 1 is 1.10 bits per heavy atom. The van der Waals surface area contributed by atoms with E-state index in [1.807, 2.05) is 6.07 Å². The Kier molecular flexibility index (Phi) is 6.99. The van der Waals surface area contributed by atoms with Crippen LogP contribution in [0.2, 0.25) is 0 Å². The lowest BCUT2D eigenvalue weighted by Gasteiger charge is -2.21. The van der Waals surface area contributed by atoms with Crippen LogP contribution in [-0.4, -0.2) is 33.0 Å². The van der Waals surface area contributed by atoms with E-state index >= 15 is 0 Å². The van der Waals surface area contributed by atoms with E-state index in [0.29, 0.717) is 19.8 Å². The van der Waals surface area contributed by atoms with Crippen molar-refractivity contribution < 1.29 is 14.2 Å². The van der Waals surface area contributed by atoms with E-state index in [1.54, 1.807) is 14.2 Å². The molecule has 1 rings (SSSR count). The molecule has 0 saturated heterocycles. The van der Waals surface area contributed by atoms with Crippen LogP contribution in [0.4, 0.5) is 0 Å². The minimum Gasteiger partial charge on any atom is -0.496 e. The van der Waals surface area contributed by atoms with Gasteiger partial charge in [0.05, 0.1) is 26.9 Å². The molecule has 1 N–H and O–H groups in total. The number of methoxy groups -OCH3 is 2. The quantitative estimate of drug-likeness (QED) is 0.744. The summed E-state index contributed by atoms with van der Waals surface area (Å²) in [4.78, 5) is 0. The third-order valence-electron chi connectivity index (χ3n) is 2.86. The molecule has 1 aromatic carbocycles. The van der Waals surface area contributed by atoms with Gasteiger partial charge < -0.3 is 19.5 Å². The molecule has 4 nitrogen and oxygen atoms in total. The van der Waals surface area contributed by atoms with Crippen LogP contribution in [0.3, 0.4) is 0 Å². The normalized spacial score (nSPS) is 11.7. The van der Waals surface area contributed by atoms with Crippen molar-refractivity contribution in [2.24, 2.45) is 0 Å². The summed E-state index contributed by atoms with van der Waals surface area (Å²) in [5.74, 6) is 0.863. The smallest absolute Gasteiger partial charge is 0.124 e. The van der Waals surface area contributed by atoms with E-state index in [1.165, 1.54) is 5.56 Å². The summed E-state index contributed by atoms with van der Waals surface area (Å²) in [7, 11) is 3.35. The van der Waals surface area contributed by atoms with Gasteiger partial charge in [0, 0.05) is 24.8 Å². The minimum absolute atomic E-state index is 0.106. The van der Waals surface area contributed by atoms with E-state index in [2.05, 4.69) is 38.2 Å². The second-order valence-corrected chi connectivity index (χ2v) is 5.80. The van der Waals surface area contributed by atoms with Crippen molar-refractivity contribution in [3.63, 3.8) is 0 Å². The lowest BCUT2D eigenvalue weighted by molar-refractivity contribution is 0.0607. The molecule has 0 aliphatic heterocycles. The van der Waals surface area contributed by atoms with Gasteiger partial charge >= 0.3 is 0 Å². The SMILES string of the molecule is COCCOCc1cc(CNC(C)(C)C)ccc1OC. The number of nitrogens with one attached hydrogen (secondary N) is 1. The molecule has 0 radical (unpaired) electrons. The first-order chi connectivity index (χ1) is 9.46. The number of rotatable bonds is 8. The van der Waals surface area contributed by atoms with E-state index in [-0.39, 0.29) is 5.54 Å². The molecule has 0 atom stereocenters. The third-order valence-corrected chi connectivity index (χ3v) is 2.86. The first kappa shape index (κ1) is 17.0. The minimum atomic E-state index is 0.106. The summed E-state index contributed by atoms with van der Waals surface area (Å²) in [6, 6.07) is 6.20. The largest absolute Gasteiger partial charge is 0.496 e. The molecule has 0 fully saturated rings. The molecule has 0 amide bonds. The summed E-state index contributed by atoms with van der Waals surface area (Å²) in [5.41, 5.74) is 2.40. The standard InChI is InChI=1S/C16H27NO3/c1-16(2,3)17-11-13-6-7-15(19-5)14(10-13)12-20-9-8-18-4/h6-7,10,17H,8-9,11-12H2,1-5H3. The van der Waals surface area contributed by atoms with Crippen molar-refractivity contribution in [2.75, 3.05) is 27.4 Å². The second kappa shape index (κ2) is 8.25. The van der Waals surface area contributed by atoms with Crippen LogP contribution in [0.25, 0.3) is 0 Å². The number of hydrogen-bond acceptors (Lipinski definition) is 4. The zero-order valence-electron chi connectivity index (χ0n) is 13.3. The van der Waals surface area contributed by atoms with E-state index in [0.717, 1.165) is 17.9 Å². The molecule has 20 heavy (non-hydrogen) atoms. The highest BCUT2D eigenvalue weighted by Gasteiger charge is 2.10. The highest BCUT2D eigenvalue weighted by molar-refractivity contribution is 5.37. The molecule has 0 aromatic heterocycles. The predicted octanol–water partition coefficient (Wildman–Crippen LogP) is 2.75. The molecular formula is C16H27NO3. The van der Waals surface area contributed by atoms with Crippen molar-refractivity contribution in [3.8, 4) is 5.75 Å². The Balaban J connectivity index is 2.65. The summed E-state index contributed by atoms with van der Waals surface area (Å²) in [6.45, 7) is 9.04. The van der Waals surface area contributed by atoms with Crippen molar-refractivity contribution in [2.45, 2.75) is 39.5 Å². The van der Waals surface area contributed by atoms with Crippen LogP contribution in [0.1, 0.15) is 31.9 Å². The molecule has 1 aromatic rings. The van der Waals surface area contributed by atoms with Gasteiger partial charge in [0.2, 0.25) is 0 Å². The fourth-order valence-electron chi connectivity index (χ4n) is 1.75. The third kappa shape index (κ3) is 6.37. The molecule has 114 valence electrons. The molecule has 4 heteroatoms. The molecule has 0 spiro atoms. The Labute approximate surface area is 122 Å². The Morgan fingerprint density at radius 2 is 1.85 bits per heavy atom. The van der Waals surface area contributed by atoms with Crippen molar-refractivity contribution >= 4 is 0 Å². The van der Waals surface area contributed by atoms with Gasteiger partial charge in [-0.1, -0.05) is 6.07 Å². The summed E-state index contributed by atoms with van der Waals surface area (Å²) < 4.78 is 15.9. The fraction of sp³-hybridized carbons (Fsp3) is 0.625. The lowest BCUT2D eigenvalue weighted by Crippen LogP contribution is -2.35. The van der Waals surface area contributed by atoms with Gasteiger partial charge in [-0.15, -0.1) is 0 Å². The van der Waals surface area contributed by atoms with Crippen LogP contribution in [0.15, 0.2) is 18.2 Å². The van der Waals surface area contributed by atoms with Gasteiger partial charge in [-0.3, -0.25) is 0 Å². The number of hydrogen-bond donors (Lipinski definition) is 1. The average Bonchev–Trinajstić information content (AvgIpc) is 2.40. The summed E-state index contributed by atoms with van der Waals surface area (Å²) in [5, 5.41) is 3.48. The topological polar surface area (TPSA) is 39.7 Å². The van der Waals surface area contributed by atoms with E-state index in [9.17, 15) is 0 Å². The summed E-state index contributed by atoms with van der Waals surface area (Å²) in [6.07, 6.45) is 0. The van der Waals surface area contributed by atoms with Gasteiger partial charge in [0.15, 0.2) is 0 Å². The fourth-order valence-corrected chi connectivity index (χ4v) is 1.75. The van der Waals surface area contributed by atoms with Crippen LogP contribution in [-0.2, 0) is 22.6 Å². The molecule has 0 aliphatic carbocycles. The first-order valence-corrected chi connectivity index (χ1v) is 6.94. The van der Waals surface area contributed by atoms with Gasteiger partial charge in [-0.05, 0) is 38.5 Å². The summed E-state index contributed by atoms with van der Waals surface area (Å²) >= 11 is 0. The van der Waals surface area contributed by atoms with Crippen LogP contribution < -0.4 is 10.1 Å². The van der Waals surface area contributed by atoms with Crippen LogP contribution in [0.5, 0.6) is 5.75 Å². The molecule has 0 unspecified atom stereocenters. The van der Waals surface area contributed by atoms with Gasteiger partial charge in [0.1, 0.15) is 5.75 Å². The molecule has 0 bridgehead atoms. The molecule has 0 heterocycles. The highest BCUT2D eigenvalue weighted by Crippen LogP contribution is 2.21. The average molecular weight is 281 g/mol. The Bertz CT molecular complexity index is 399. The van der Waals surface area contributed by atoms with Crippen molar-refractivity contribution in [1.29, 1.82) is 0 Å².